The van der Waals surface area contributed by atoms with Crippen LogP contribution in [-0.4, -0.2) is 48.0 Å². The Morgan fingerprint density at radius 2 is 2.20 bits per heavy atom. The molecule has 2 aliphatic heterocycles. The average Bonchev–Trinajstić information content (AvgIpc) is 3.16. The van der Waals surface area contributed by atoms with Gasteiger partial charge in [0.1, 0.15) is 12.1 Å². The van der Waals surface area contributed by atoms with Crippen molar-refractivity contribution in [2.75, 3.05) is 19.8 Å². The van der Waals surface area contributed by atoms with Gasteiger partial charge in [-0.3, -0.25) is 14.5 Å². The molecule has 1 spiro atoms. The van der Waals surface area contributed by atoms with Crippen LogP contribution in [0.5, 0.6) is 0 Å². The minimum absolute atomic E-state index is 0.0676. The summed E-state index contributed by atoms with van der Waals surface area (Å²) in [6.45, 7) is 0.349. The Kier molecular flexibility index (Phi) is 3.95. The van der Waals surface area contributed by atoms with Gasteiger partial charge in [0.2, 0.25) is 5.91 Å². The smallest absolute Gasteiger partial charge is 0.325 e. The number of amides is 4. The van der Waals surface area contributed by atoms with Gasteiger partial charge in [-0.05, 0) is 30.4 Å². The molecule has 2 N–H and O–H groups in total. The van der Waals surface area contributed by atoms with E-state index in [9.17, 15) is 14.4 Å². The van der Waals surface area contributed by atoms with Crippen molar-refractivity contribution in [3.05, 3.63) is 35.4 Å². The quantitative estimate of drug-likeness (QED) is 0.798. The Bertz CT molecular complexity index is 727. The fraction of sp³-hybridized carbons (Fsp3) is 0.500. The van der Waals surface area contributed by atoms with E-state index in [2.05, 4.69) is 16.7 Å². The Morgan fingerprint density at radius 1 is 1.36 bits per heavy atom. The molecule has 4 amide bonds. The average molecular weight is 343 g/mol. The number of benzene rings is 1. The summed E-state index contributed by atoms with van der Waals surface area (Å²) in [4.78, 5) is 38.1. The number of carbonyl (C=O) groups is 3. The number of urea groups is 1. The highest BCUT2D eigenvalue weighted by Crippen LogP contribution is 2.30. The van der Waals surface area contributed by atoms with Gasteiger partial charge in [0.25, 0.3) is 5.91 Å². The monoisotopic (exact) mass is 343 g/mol. The molecule has 0 saturated carbocycles. The topological polar surface area (TPSA) is 87.7 Å². The first-order chi connectivity index (χ1) is 12.1. The van der Waals surface area contributed by atoms with Gasteiger partial charge in [0.15, 0.2) is 0 Å². The van der Waals surface area contributed by atoms with Gasteiger partial charge >= 0.3 is 6.03 Å². The molecule has 2 heterocycles. The van der Waals surface area contributed by atoms with Crippen LogP contribution < -0.4 is 10.6 Å². The van der Waals surface area contributed by atoms with Crippen molar-refractivity contribution < 1.29 is 19.1 Å². The number of ether oxygens (including phenoxy) is 1. The van der Waals surface area contributed by atoms with Crippen LogP contribution in [0.1, 0.15) is 36.4 Å². The summed E-state index contributed by atoms with van der Waals surface area (Å²) in [6.07, 6.45) is 3.33. The molecule has 1 aliphatic carbocycles. The van der Waals surface area contributed by atoms with E-state index < -0.39 is 11.6 Å². The molecule has 2 saturated heterocycles. The Morgan fingerprint density at radius 3 is 3.00 bits per heavy atom. The molecule has 0 bridgehead atoms. The van der Waals surface area contributed by atoms with Crippen molar-refractivity contribution in [3.63, 3.8) is 0 Å². The van der Waals surface area contributed by atoms with E-state index in [1.54, 1.807) is 0 Å². The predicted molar refractivity (Wildman–Crippen MR) is 88.7 cm³/mol. The van der Waals surface area contributed by atoms with Crippen molar-refractivity contribution >= 4 is 17.8 Å². The Labute approximate surface area is 145 Å². The lowest BCUT2D eigenvalue weighted by molar-refractivity contribution is -0.135. The zero-order valence-electron chi connectivity index (χ0n) is 13.9. The molecule has 1 aromatic carbocycles. The van der Waals surface area contributed by atoms with Gasteiger partial charge in [-0.25, -0.2) is 4.79 Å². The number of hydrogen-bond acceptors (Lipinski definition) is 4. The van der Waals surface area contributed by atoms with Gasteiger partial charge in [0, 0.05) is 13.0 Å². The third kappa shape index (κ3) is 2.78. The highest BCUT2D eigenvalue weighted by atomic mass is 16.5. The van der Waals surface area contributed by atoms with Gasteiger partial charge < -0.3 is 15.4 Å². The fourth-order valence-electron chi connectivity index (χ4n) is 3.94. The lowest BCUT2D eigenvalue weighted by Gasteiger charge is -2.27. The molecular formula is C18H21N3O4. The summed E-state index contributed by atoms with van der Waals surface area (Å²) in [6, 6.07) is 7.48. The highest BCUT2D eigenvalue weighted by molar-refractivity contribution is 6.09. The van der Waals surface area contributed by atoms with Crippen molar-refractivity contribution in [3.8, 4) is 0 Å². The first kappa shape index (κ1) is 16.1. The van der Waals surface area contributed by atoms with Crippen LogP contribution in [-0.2, 0) is 20.7 Å². The molecule has 1 aromatic rings. The van der Waals surface area contributed by atoms with Crippen LogP contribution in [0.25, 0.3) is 0 Å². The van der Waals surface area contributed by atoms with Gasteiger partial charge in [-0.1, -0.05) is 24.3 Å². The first-order valence-electron chi connectivity index (χ1n) is 8.68. The number of imide groups is 1. The molecule has 2 atom stereocenters. The van der Waals surface area contributed by atoms with Gasteiger partial charge in [0.05, 0.1) is 12.6 Å². The second-order valence-corrected chi connectivity index (χ2v) is 6.92. The Hall–Kier alpha value is -2.41. The summed E-state index contributed by atoms with van der Waals surface area (Å²) in [5.41, 5.74) is 1.39. The maximum atomic E-state index is 12.5. The standard InChI is InChI=1S/C18H21N3O4/c22-15(19-14-7-3-5-12-4-1-2-6-13(12)14)10-21-16(23)18(20-17(21)24)8-9-25-11-18/h1-2,4,6,14H,3,5,7-11H2,(H,19,22)(H,20,24)/t14-,18-/m1/s1. The molecule has 0 aromatic heterocycles. The number of carbonyl (C=O) groups excluding carboxylic acids is 3. The van der Waals surface area contributed by atoms with Crippen LogP contribution in [0.2, 0.25) is 0 Å². The van der Waals surface area contributed by atoms with Crippen LogP contribution >= 0.6 is 0 Å². The van der Waals surface area contributed by atoms with E-state index in [0.717, 1.165) is 29.7 Å². The van der Waals surface area contributed by atoms with E-state index in [1.165, 1.54) is 5.56 Å². The zero-order valence-corrected chi connectivity index (χ0v) is 13.9. The summed E-state index contributed by atoms with van der Waals surface area (Å²) in [5.74, 6) is -0.685. The molecular weight excluding hydrogens is 322 g/mol. The number of hydrogen-bond donors (Lipinski definition) is 2. The number of nitrogens with zero attached hydrogens (tertiary/aromatic N) is 1. The van der Waals surface area contributed by atoms with E-state index in [1.807, 2.05) is 18.2 Å². The summed E-state index contributed by atoms with van der Waals surface area (Å²) >= 11 is 0. The minimum Gasteiger partial charge on any atom is -0.378 e. The second-order valence-electron chi connectivity index (χ2n) is 6.92. The highest BCUT2D eigenvalue weighted by Gasteiger charge is 2.53. The van der Waals surface area contributed by atoms with E-state index in [0.29, 0.717) is 13.0 Å². The van der Waals surface area contributed by atoms with Crippen molar-refractivity contribution in [2.45, 2.75) is 37.3 Å². The minimum atomic E-state index is -0.977. The molecule has 132 valence electrons. The summed E-state index contributed by atoms with van der Waals surface area (Å²) in [7, 11) is 0. The van der Waals surface area contributed by atoms with Crippen LogP contribution in [0.4, 0.5) is 4.79 Å². The summed E-state index contributed by atoms with van der Waals surface area (Å²) in [5, 5.41) is 5.66. The molecule has 0 radical (unpaired) electrons. The van der Waals surface area contributed by atoms with E-state index in [-0.39, 0.29) is 31.0 Å². The maximum Gasteiger partial charge on any atom is 0.325 e. The van der Waals surface area contributed by atoms with Crippen molar-refractivity contribution in [2.24, 2.45) is 0 Å². The van der Waals surface area contributed by atoms with E-state index >= 15 is 0 Å². The zero-order chi connectivity index (χ0) is 17.4. The number of fused-ring (bicyclic) bond motifs is 1. The third-order valence-electron chi connectivity index (χ3n) is 5.27. The molecule has 0 unspecified atom stereocenters. The number of nitrogens with one attached hydrogen (secondary N) is 2. The van der Waals surface area contributed by atoms with Crippen LogP contribution in [0.3, 0.4) is 0 Å². The summed E-state index contributed by atoms with van der Waals surface area (Å²) < 4.78 is 5.25. The molecule has 7 heteroatoms. The second kappa shape index (κ2) is 6.15. The Balaban J connectivity index is 1.43. The lowest BCUT2D eigenvalue weighted by atomic mass is 9.88. The lowest BCUT2D eigenvalue weighted by Crippen LogP contribution is -2.48. The number of aryl methyl sites for hydroxylation is 1. The van der Waals surface area contributed by atoms with Crippen molar-refractivity contribution in [1.29, 1.82) is 0 Å². The SMILES string of the molecule is O=C(CN1C(=O)N[C@@]2(CCOC2)C1=O)N[C@@H]1CCCc2ccccc21. The molecule has 25 heavy (non-hydrogen) atoms. The van der Waals surface area contributed by atoms with Crippen molar-refractivity contribution in [1.82, 2.24) is 15.5 Å². The normalized spacial score (nSPS) is 28.2. The molecule has 4 rings (SSSR count). The maximum absolute atomic E-state index is 12.5. The fourth-order valence-corrected chi connectivity index (χ4v) is 3.94. The molecule has 2 fully saturated rings. The van der Waals surface area contributed by atoms with Gasteiger partial charge in [-0.2, -0.15) is 0 Å². The first-order valence-corrected chi connectivity index (χ1v) is 8.68. The largest absolute Gasteiger partial charge is 0.378 e. The van der Waals surface area contributed by atoms with E-state index in [4.69, 9.17) is 4.74 Å². The number of rotatable bonds is 3. The third-order valence-corrected chi connectivity index (χ3v) is 5.27. The molecule has 3 aliphatic rings. The van der Waals surface area contributed by atoms with Crippen LogP contribution in [0, 0.1) is 0 Å². The van der Waals surface area contributed by atoms with Gasteiger partial charge in [-0.15, -0.1) is 0 Å². The predicted octanol–water partition coefficient (Wildman–Crippen LogP) is 0.891. The molecule has 7 nitrogen and oxygen atoms in total. The van der Waals surface area contributed by atoms with Crippen LogP contribution in [0.15, 0.2) is 24.3 Å².